The minimum absolute atomic E-state index is 0.139. The highest BCUT2D eigenvalue weighted by Gasteiger charge is 2.29. The van der Waals surface area contributed by atoms with Crippen molar-refractivity contribution in [1.82, 2.24) is 24.9 Å². The molecule has 0 radical (unpaired) electrons. The maximum Gasteiger partial charge on any atom is 0.276 e. The van der Waals surface area contributed by atoms with Crippen LogP contribution in [0.3, 0.4) is 0 Å². The Morgan fingerprint density at radius 3 is 2.83 bits per heavy atom. The van der Waals surface area contributed by atoms with Gasteiger partial charge in [-0.15, -0.1) is 5.10 Å². The Labute approximate surface area is 169 Å². The number of rotatable bonds is 6. The molecule has 0 saturated carbocycles. The molecule has 29 heavy (non-hydrogen) atoms. The number of carbonyl (C=O) groups is 1. The lowest BCUT2D eigenvalue weighted by molar-refractivity contribution is -0.00193. The van der Waals surface area contributed by atoms with Crippen LogP contribution in [-0.4, -0.2) is 51.5 Å². The van der Waals surface area contributed by atoms with Crippen LogP contribution in [0.25, 0.3) is 0 Å². The number of pyridine rings is 1. The topological polar surface area (TPSA) is 82.4 Å². The SMILES string of the molecule is COc1ccc([C@@H]2Cn3nnc(C(=O)N(C)CCc4ccccn4)c3CO2)cc1. The third-order valence-electron chi connectivity index (χ3n) is 5.06. The van der Waals surface area contributed by atoms with Gasteiger partial charge in [0.25, 0.3) is 5.91 Å². The third kappa shape index (κ3) is 4.12. The van der Waals surface area contributed by atoms with E-state index in [0.29, 0.717) is 37.5 Å². The number of hydrogen-bond donors (Lipinski definition) is 0. The molecule has 1 atom stereocenters. The maximum atomic E-state index is 12.8. The molecule has 1 amide bonds. The number of aromatic nitrogens is 4. The molecule has 2 aromatic heterocycles. The van der Waals surface area contributed by atoms with E-state index in [1.165, 1.54) is 0 Å². The van der Waals surface area contributed by atoms with Crippen LogP contribution in [0.1, 0.15) is 33.5 Å². The van der Waals surface area contributed by atoms with E-state index in [9.17, 15) is 4.79 Å². The van der Waals surface area contributed by atoms with Gasteiger partial charge >= 0.3 is 0 Å². The average Bonchev–Trinajstić information content (AvgIpc) is 3.21. The predicted octanol–water partition coefficient (Wildman–Crippen LogP) is 2.27. The second-order valence-corrected chi connectivity index (χ2v) is 6.94. The van der Waals surface area contributed by atoms with E-state index in [1.807, 2.05) is 42.5 Å². The van der Waals surface area contributed by atoms with Crippen LogP contribution in [0.15, 0.2) is 48.7 Å². The van der Waals surface area contributed by atoms with Gasteiger partial charge in [0.1, 0.15) is 11.9 Å². The number of ether oxygens (including phenoxy) is 2. The van der Waals surface area contributed by atoms with Crippen molar-refractivity contribution in [3.05, 3.63) is 71.3 Å². The van der Waals surface area contributed by atoms with E-state index < -0.39 is 0 Å². The molecule has 4 rings (SSSR count). The fourth-order valence-electron chi connectivity index (χ4n) is 3.31. The molecule has 8 heteroatoms. The van der Waals surface area contributed by atoms with Crippen LogP contribution in [0, 0.1) is 0 Å². The zero-order valence-corrected chi connectivity index (χ0v) is 16.5. The highest BCUT2D eigenvalue weighted by molar-refractivity contribution is 5.93. The number of hydrogen-bond acceptors (Lipinski definition) is 6. The molecule has 1 aliphatic heterocycles. The Kier molecular flexibility index (Phi) is 5.53. The number of likely N-dealkylation sites (N-methyl/N-ethyl adjacent to an activating group) is 1. The molecule has 3 aromatic rings. The predicted molar refractivity (Wildman–Crippen MR) is 105 cm³/mol. The van der Waals surface area contributed by atoms with Gasteiger partial charge in [-0.1, -0.05) is 23.4 Å². The first-order valence-corrected chi connectivity index (χ1v) is 9.49. The van der Waals surface area contributed by atoms with E-state index in [2.05, 4.69) is 15.3 Å². The minimum Gasteiger partial charge on any atom is -0.497 e. The zero-order chi connectivity index (χ0) is 20.2. The third-order valence-corrected chi connectivity index (χ3v) is 5.06. The molecular weight excluding hydrogens is 370 g/mol. The summed E-state index contributed by atoms with van der Waals surface area (Å²) in [7, 11) is 3.40. The summed E-state index contributed by atoms with van der Waals surface area (Å²) in [6.07, 6.45) is 2.30. The zero-order valence-electron chi connectivity index (χ0n) is 16.5. The van der Waals surface area contributed by atoms with Crippen molar-refractivity contribution in [1.29, 1.82) is 0 Å². The number of carbonyl (C=O) groups excluding carboxylic acids is 1. The highest BCUT2D eigenvalue weighted by atomic mass is 16.5. The molecule has 0 N–H and O–H groups in total. The lowest BCUT2D eigenvalue weighted by Crippen LogP contribution is -2.31. The fourth-order valence-corrected chi connectivity index (χ4v) is 3.31. The van der Waals surface area contributed by atoms with E-state index in [-0.39, 0.29) is 12.0 Å². The first kappa shape index (κ1) is 19.1. The highest BCUT2D eigenvalue weighted by Crippen LogP contribution is 2.28. The fraction of sp³-hybridized carbons (Fsp3) is 0.333. The van der Waals surface area contributed by atoms with Crippen LogP contribution < -0.4 is 4.74 Å². The standard InChI is InChI=1S/C21H23N5O3/c1-25(12-10-16-5-3-4-11-22-16)21(27)20-18-14-29-19(13-26(18)24-23-20)15-6-8-17(28-2)9-7-15/h3-9,11,19H,10,12-14H2,1-2H3/t19-/m0/s1. The first-order valence-electron chi connectivity index (χ1n) is 9.49. The molecule has 0 fully saturated rings. The van der Waals surface area contributed by atoms with Gasteiger partial charge in [-0.2, -0.15) is 0 Å². The number of benzene rings is 1. The quantitative estimate of drug-likeness (QED) is 0.639. The molecule has 0 aliphatic carbocycles. The summed E-state index contributed by atoms with van der Waals surface area (Å²) >= 11 is 0. The van der Waals surface area contributed by atoms with Crippen molar-refractivity contribution in [2.45, 2.75) is 25.7 Å². The molecule has 0 unspecified atom stereocenters. The lowest BCUT2D eigenvalue weighted by atomic mass is 10.1. The van der Waals surface area contributed by atoms with E-state index in [1.54, 1.807) is 29.9 Å². The largest absolute Gasteiger partial charge is 0.497 e. The molecule has 0 saturated heterocycles. The molecule has 3 heterocycles. The van der Waals surface area contributed by atoms with Crippen LogP contribution in [0.4, 0.5) is 0 Å². The van der Waals surface area contributed by atoms with Crippen LogP contribution >= 0.6 is 0 Å². The Hall–Kier alpha value is -3.26. The minimum atomic E-state index is -0.159. The van der Waals surface area contributed by atoms with Crippen molar-refractivity contribution in [3.8, 4) is 5.75 Å². The van der Waals surface area contributed by atoms with E-state index in [4.69, 9.17) is 9.47 Å². The molecule has 8 nitrogen and oxygen atoms in total. The Balaban J connectivity index is 1.42. The summed E-state index contributed by atoms with van der Waals surface area (Å²) in [6.45, 7) is 1.36. The van der Waals surface area contributed by atoms with E-state index >= 15 is 0 Å². The van der Waals surface area contributed by atoms with Crippen molar-refractivity contribution in [3.63, 3.8) is 0 Å². The Morgan fingerprint density at radius 2 is 2.10 bits per heavy atom. The van der Waals surface area contributed by atoms with Gasteiger partial charge in [0.05, 0.1) is 26.0 Å². The number of nitrogens with zero attached hydrogens (tertiary/aromatic N) is 5. The monoisotopic (exact) mass is 393 g/mol. The average molecular weight is 393 g/mol. The second-order valence-electron chi connectivity index (χ2n) is 6.94. The van der Waals surface area contributed by atoms with Gasteiger partial charge in [0.2, 0.25) is 0 Å². The van der Waals surface area contributed by atoms with Gasteiger partial charge < -0.3 is 14.4 Å². The summed E-state index contributed by atoms with van der Waals surface area (Å²) < 4.78 is 13.0. The van der Waals surface area contributed by atoms with Gasteiger partial charge in [-0.25, -0.2) is 4.68 Å². The van der Waals surface area contributed by atoms with Crippen LogP contribution in [0.5, 0.6) is 5.75 Å². The van der Waals surface area contributed by atoms with Crippen molar-refractivity contribution >= 4 is 5.91 Å². The smallest absolute Gasteiger partial charge is 0.276 e. The Morgan fingerprint density at radius 1 is 1.28 bits per heavy atom. The van der Waals surface area contributed by atoms with Crippen molar-refractivity contribution in [2.75, 3.05) is 20.7 Å². The van der Waals surface area contributed by atoms with Gasteiger partial charge in [0.15, 0.2) is 5.69 Å². The Bertz CT molecular complexity index is 972. The summed E-state index contributed by atoms with van der Waals surface area (Å²) in [6, 6.07) is 13.5. The molecule has 150 valence electrons. The lowest BCUT2D eigenvalue weighted by Gasteiger charge is -2.25. The van der Waals surface area contributed by atoms with Gasteiger partial charge in [-0.05, 0) is 29.8 Å². The van der Waals surface area contributed by atoms with Crippen molar-refractivity contribution in [2.24, 2.45) is 0 Å². The normalized spacial score (nSPS) is 15.6. The number of fused-ring (bicyclic) bond motifs is 1. The summed E-state index contributed by atoms with van der Waals surface area (Å²) in [5.41, 5.74) is 3.04. The molecular formula is C21H23N5O3. The second kappa shape index (κ2) is 8.40. The van der Waals surface area contributed by atoms with Gasteiger partial charge in [0, 0.05) is 31.9 Å². The maximum absolute atomic E-state index is 12.8. The molecule has 0 spiro atoms. The summed E-state index contributed by atoms with van der Waals surface area (Å²) in [5.74, 6) is 0.640. The van der Waals surface area contributed by atoms with Gasteiger partial charge in [-0.3, -0.25) is 9.78 Å². The number of amides is 1. The summed E-state index contributed by atoms with van der Waals surface area (Å²) in [5, 5.41) is 8.33. The van der Waals surface area contributed by atoms with Crippen molar-refractivity contribution < 1.29 is 14.3 Å². The molecule has 1 aliphatic rings. The van der Waals surface area contributed by atoms with Crippen LogP contribution in [-0.2, 0) is 24.3 Å². The first-order chi connectivity index (χ1) is 14.2. The van der Waals surface area contributed by atoms with Crippen LogP contribution in [0.2, 0.25) is 0 Å². The summed E-state index contributed by atoms with van der Waals surface area (Å²) in [4.78, 5) is 18.8. The van der Waals surface area contributed by atoms with E-state index in [0.717, 1.165) is 17.0 Å². The molecule has 1 aromatic carbocycles. The molecule has 0 bridgehead atoms. The number of methoxy groups -OCH3 is 1.